The topological polar surface area (TPSA) is 101 Å². The van der Waals surface area contributed by atoms with Gasteiger partial charge in [-0.1, -0.05) is 55.5 Å². The quantitative estimate of drug-likeness (QED) is 0.451. The summed E-state index contributed by atoms with van der Waals surface area (Å²) >= 11 is 0. The van der Waals surface area contributed by atoms with Crippen LogP contribution in [-0.2, 0) is 11.3 Å². The second-order valence-corrected chi connectivity index (χ2v) is 7.20. The van der Waals surface area contributed by atoms with Crippen LogP contribution in [0.4, 0.5) is 5.82 Å². The van der Waals surface area contributed by atoms with E-state index in [0.717, 1.165) is 27.7 Å². The van der Waals surface area contributed by atoms with Crippen molar-refractivity contribution in [3.8, 4) is 11.3 Å². The van der Waals surface area contributed by atoms with Gasteiger partial charge in [0.2, 0.25) is 5.91 Å². The van der Waals surface area contributed by atoms with Crippen LogP contribution < -0.4 is 10.6 Å². The maximum Gasteiger partial charge on any atom is 0.239 e. The van der Waals surface area contributed by atoms with Gasteiger partial charge in [-0.15, -0.1) is 5.10 Å². The van der Waals surface area contributed by atoms with E-state index >= 15 is 0 Å². The molecule has 8 nitrogen and oxygen atoms in total. The summed E-state index contributed by atoms with van der Waals surface area (Å²) in [5.41, 5.74) is 3.68. The number of carbonyl (C=O) groups excluding carboxylic acids is 1. The zero-order valence-electron chi connectivity index (χ0n) is 16.4. The van der Waals surface area contributed by atoms with Crippen molar-refractivity contribution in [2.45, 2.75) is 26.4 Å². The highest BCUT2D eigenvalue weighted by Gasteiger charge is 2.12. The maximum atomic E-state index is 12.1. The zero-order chi connectivity index (χ0) is 20.2. The molecule has 1 amide bonds. The van der Waals surface area contributed by atoms with Crippen LogP contribution in [0.15, 0.2) is 54.7 Å². The van der Waals surface area contributed by atoms with Crippen molar-refractivity contribution < 1.29 is 4.79 Å². The van der Waals surface area contributed by atoms with Gasteiger partial charge < -0.3 is 10.6 Å². The summed E-state index contributed by atoms with van der Waals surface area (Å²) in [5, 5.41) is 22.5. The normalized spacial score (nSPS) is 11.3. The number of rotatable bonds is 7. The lowest BCUT2D eigenvalue weighted by atomic mass is 10.1. The summed E-state index contributed by atoms with van der Waals surface area (Å²) in [4.78, 5) is 12.1. The minimum Gasteiger partial charge on any atom is -0.308 e. The Bertz CT molecular complexity index is 1110. The Labute approximate surface area is 168 Å². The average Bonchev–Trinajstić information content (AvgIpc) is 3.34. The van der Waals surface area contributed by atoms with Gasteiger partial charge in [0.1, 0.15) is 5.69 Å². The third-order valence-electron chi connectivity index (χ3n) is 4.51. The van der Waals surface area contributed by atoms with Gasteiger partial charge in [0.05, 0.1) is 24.8 Å². The van der Waals surface area contributed by atoms with Gasteiger partial charge >= 0.3 is 0 Å². The van der Waals surface area contributed by atoms with E-state index in [1.807, 2.05) is 61.1 Å². The smallest absolute Gasteiger partial charge is 0.239 e. The Morgan fingerprint density at radius 3 is 2.79 bits per heavy atom. The number of nitrogens with one attached hydrogen (secondary N) is 3. The molecule has 4 rings (SSSR count). The fourth-order valence-electron chi connectivity index (χ4n) is 3.02. The summed E-state index contributed by atoms with van der Waals surface area (Å²) in [6.45, 7) is 4.88. The molecule has 2 aromatic heterocycles. The molecule has 3 N–H and O–H groups in total. The van der Waals surface area contributed by atoms with Crippen molar-refractivity contribution in [3.05, 3.63) is 60.3 Å². The molecule has 29 heavy (non-hydrogen) atoms. The molecule has 0 saturated heterocycles. The summed E-state index contributed by atoms with van der Waals surface area (Å²) < 4.78 is 1.81. The highest BCUT2D eigenvalue weighted by molar-refractivity contribution is 6.01. The summed E-state index contributed by atoms with van der Waals surface area (Å²) in [6.07, 6.45) is 1.92. The third kappa shape index (κ3) is 4.49. The molecular formula is C21H23N7O. The molecule has 0 aliphatic rings. The predicted octanol–water partition coefficient (Wildman–Crippen LogP) is 2.81. The molecule has 0 radical (unpaired) electrons. The Morgan fingerprint density at radius 2 is 2.00 bits per heavy atom. The number of hydrogen-bond donors (Lipinski definition) is 3. The second kappa shape index (κ2) is 8.24. The van der Waals surface area contributed by atoms with E-state index in [0.29, 0.717) is 12.4 Å². The number of carbonyl (C=O) groups is 1. The molecule has 0 unspecified atom stereocenters. The van der Waals surface area contributed by atoms with Gasteiger partial charge in [0.25, 0.3) is 0 Å². The van der Waals surface area contributed by atoms with E-state index in [1.54, 1.807) is 0 Å². The molecular weight excluding hydrogens is 366 g/mol. The lowest BCUT2D eigenvalue weighted by Gasteiger charge is -2.07. The summed E-state index contributed by atoms with van der Waals surface area (Å²) in [5.74, 6) is 0.375. The molecule has 0 saturated carbocycles. The van der Waals surface area contributed by atoms with E-state index in [1.165, 1.54) is 0 Å². The van der Waals surface area contributed by atoms with Gasteiger partial charge in [0, 0.05) is 17.0 Å². The fourth-order valence-corrected chi connectivity index (χ4v) is 3.02. The lowest BCUT2D eigenvalue weighted by Crippen LogP contribution is -2.32. The Kier molecular flexibility index (Phi) is 5.35. The van der Waals surface area contributed by atoms with Crippen molar-refractivity contribution in [1.29, 1.82) is 0 Å². The van der Waals surface area contributed by atoms with Crippen molar-refractivity contribution in [2.75, 3.05) is 11.9 Å². The molecule has 4 aromatic rings. The minimum atomic E-state index is -0.133. The van der Waals surface area contributed by atoms with Crippen LogP contribution in [0, 0.1) is 0 Å². The van der Waals surface area contributed by atoms with E-state index in [9.17, 15) is 4.79 Å². The first kappa shape index (κ1) is 18.8. The van der Waals surface area contributed by atoms with Crippen LogP contribution in [0.2, 0.25) is 0 Å². The fraction of sp³-hybridized carbons (Fsp3) is 0.238. The van der Waals surface area contributed by atoms with Gasteiger partial charge in [-0.3, -0.25) is 9.89 Å². The number of H-pyrrole nitrogens is 1. The van der Waals surface area contributed by atoms with E-state index < -0.39 is 0 Å². The molecule has 148 valence electrons. The van der Waals surface area contributed by atoms with Gasteiger partial charge in [-0.25, -0.2) is 4.68 Å². The Morgan fingerprint density at radius 1 is 1.17 bits per heavy atom. The minimum absolute atomic E-state index is 0.133. The van der Waals surface area contributed by atoms with Crippen LogP contribution >= 0.6 is 0 Å². The summed E-state index contributed by atoms with van der Waals surface area (Å²) in [7, 11) is 0. The number of benzene rings is 2. The molecule has 0 aliphatic heterocycles. The van der Waals surface area contributed by atoms with E-state index in [-0.39, 0.29) is 18.5 Å². The first-order valence-corrected chi connectivity index (χ1v) is 9.54. The van der Waals surface area contributed by atoms with Gasteiger partial charge in [-0.2, -0.15) is 5.10 Å². The number of nitrogens with zero attached hydrogens (tertiary/aromatic N) is 4. The molecule has 8 heteroatoms. The lowest BCUT2D eigenvalue weighted by molar-refractivity contribution is -0.115. The Balaban J connectivity index is 1.53. The number of aromatic nitrogens is 5. The van der Waals surface area contributed by atoms with Crippen LogP contribution in [0.1, 0.15) is 19.4 Å². The largest absolute Gasteiger partial charge is 0.308 e. The SMILES string of the molecule is CC(C)NCC(=O)Nc1n[nH]c2ccc(-c3cn(Cc4ccccc4)nn3)cc12. The zero-order valence-corrected chi connectivity index (χ0v) is 16.4. The van der Waals surface area contributed by atoms with Crippen molar-refractivity contribution in [1.82, 2.24) is 30.5 Å². The third-order valence-corrected chi connectivity index (χ3v) is 4.51. The molecule has 0 aliphatic carbocycles. The number of amides is 1. The van der Waals surface area contributed by atoms with E-state index in [2.05, 4.69) is 43.3 Å². The predicted molar refractivity (Wildman–Crippen MR) is 112 cm³/mol. The van der Waals surface area contributed by atoms with Crippen LogP contribution in [0.5, 0.6) is 0 Å². The maximum absolute atomic E-state index is 12.1. The molecule has 0 spiro atoms. The first-order valence-electron chi connectivity index (χ1n) is 9.54. The molecule has 0 bridgehead atoms. The Hall–Kier alpha value is -3.52. The summed E-state index contributed by atoms with van der Waals surface area (Å²) in [6, 6.07) is 16.2. The number of aromatic amines is 1. The van der Waals surface area contributed by atoms with E-state index in [4.69, 9.17) is 0 Å². The molecule has 0 atom stereocenters. The highest BCUT2D eigenvalue weighted by atomic mass is 16.2. The monoisotopic (exact) mass is 389 g/mol. The van der Waals surface area contributed by atoms with Crippen LogP contribution in [-0.4, -0.2) is 43.7 Å². The van der Waals surface area contributed by atoms with Crippen molar-refractivity contribution >= 4 is 22.6 Å². The molecule has 0 fully saturated rings. The standard InChI is InChI=1S/C21H23N7O/c1-14(2)22-11-20(29)23-21-17-10-16(8-9-18(17)24-26-21)19-13-28(27-25-19)12-15-6-4-3-5-7-15/h3-10,13-14,22H,11-12H2,1-2H3,(H2,23,24,26,29). The number of fused-ring (bicyclic) bond motifs is 1. The first-order chi connectivity index (χ1) is 14.1. The highest BCUT2D eigenvalue weighted by Crippen LogP contribution is 2.26. The van der Waals surface area contributed by atoms with Gasteiger partial charge in [0.15, 0.2) is 5.82 Å². The molecule has 2 aromatic carbocycles. The van der Waals surface area contributed by atoms with Crippen molar-refractivity contribution in [2.24, 2.45) is 0 Å². The second-order valence-electron chi connectivity index (χ2n) is 7.20. The van der Waals surface area contributed by atoms with Crippen LogP contribution in [0.3, 0.4) is 0 Å². The van der Waals surface area contributed by atoms with Gasteiger partial charge in [-0.05, 0) is 17.7 Å². The van der Waals surface area contributed by atoms with Crippen molar-refractivity contribution in [3.63, 3.8) is 0 Å². The number of hydrogen-bond acceptors (Lipinski definition) is 5. The number of anilines is 1. The average molecular weight is 389 g/mol. The molecule has 2 heterocycles. The van der Waals surface area contributed by atoms with Crippen LogP contribution in [0.25, 0.3) is 22.2 Å².